The van der Waals surface area contributed by atoms with E-state index in [1.807, 2.05) is 37.1 Å². The molecule has 0 unspecified atom stereocenters. The van der Waals surface area contributed by atoms with Crippen LogP contribution >= 0.6 is 12.2 Å². The van der Waals surface area contributed by atoms with Gasteiger partial charge < -0.3 is 16.0 Å². The molecule has 5 heteroatoms. The zero-order valence-corrected chi connectivity index (χ0v) is 12.1. The summed E-state index contributed by atoms with van der Waals surface area (Å²) in [5.74, 6) is 0.0437. The summed E-state index contributed by atoms with van der Waals surface area (Å²) < 4.78 is 0. The van der Waals surface area contributed by atoms with Gasteiger partial charge in [0.2, 0.25) is 5.91 Å². The molecule has 1 aliphatic carbocycles. The Labute approximate surface area is 119 Å². The number of nitrogens with two attached hydrogens (primary N) is 1. The maximum absolute atomic E-state index is 11.9. The predicted molar refractivity (Wildman–Crippen MR) is 81.5 cm³/mol. The van der Waals surface area contributed by atoms with E-state index in [4.69, 9.17) is 18.0 Å². The highest BCUT2D eigenvalue weighted by molar-refractivity contribution is 7.80. The van der Waals surface area contributed by atoms with Gasteiger partial charge in [0.1, 0.15) is 4.99 Å². The van der Waals surface area contributed by atoms with Crippen LogP contribution in [0.25, 0.3) is 0 Å². The van der Waals surface area contributed by atoms with E-state index in [0.29, 0.717) is 17.6 Å². The number of aryl methyl sites for hydroxylation is 1. The van der Waals surface area contributed by atoms with Crippen LogP contribution in [-0.4, -0.2) is 30.5 Å². The van der Waals surface area contributed by atoms with Crippen LogP contribution < -0.4 is 16.0 Å². The van der Waals surface area contributed by atoms with Crippen LogP contribution in [0, 0.1) is 6.92 Å². The number of nitrogens with zero attached hydrogens (tertiary/aromatic N) is 1. The summed E-state index contributed by atoms with van der Waals surface area (Å²) in [4.78, 5) is 14.1. The number of hydrogen-bond donors (Lipinski definition) is 2. The summed E-state index contributed by atoms with van der Waals surface area (Å²) in [7, 11) is 1.89. The van der Waals surface area contributed by atoms with Crippen LogP contribution in [-0.2, 0) is 4.79 Å². The van der Waals surface area contributed by atoms with Crippen LogP contribution in [0.2, 0.25) is 0 Å². The number of likely N-dealkylation sites (N-methyl/N-ethyl adjacent to an activating group) is 1. The van der Waals surface area contributed by atoms with Crippen LogP contribution in [0.15, 0.2) is 18.2 Å². The first-order valence-electron chi connectivity index (χ1n) is 6.39. The standard InChI is InChI=1S/C14H19N3OS/c1-9-4-3-5-11(14(15)19)13(9)17(2)8-12(18)16-10-6-7-10/h3-5,10H,6-8H2,1-2H3,(H2,15,19)(H,16,18). The Kier molecular flexibility index (Phi) is 4.04. The number of amides is 1. The summed E-state index contributed by atoms with van der Waals surface area (Å²) in [6, 6.07) is 6.19. The van der Waals surface area contributed by atoms with Crippen molar-refractivity contribution in [3.63, 3.8) is 0 Å². The zero-order valence-electron chi connectivity index (χ0n) is 11.3. The third-order valence-electron chi connectivity index (χ3n) is 3.21. The van der Waals surface area contributed by atoms with Gasteiger partial charge in [-0.25, -0.2) is 0 Å². The molecule has 1 aromatic rings. The van der Waals surface area contributed by atoms with Crippen molar-refractivity contribution in [2.75, 3.05) is 18.5 Å². The monoisotopic (exact) mass is 277 g/mol. The number of carbonyl (C=O) groups excluding carboxylic acids is 1. The number of thiocarbonyl (C=S) groups is 1. The van der Waals surface area contributed by atoms with E-state index in [0.717, 1.165) is 29.7 Å². The fourth-order valence-electron chi connectivity index (χ4n) is 2.16. The van der Waals surface area contributed by atoms with Crippen molar-refractivity contribution in [3.8, 4) is 0 Å². The third-order valence-corrected chi connectivity index (χ3v) is 3.43. The number of benzene rings is 1. The average Bonchev–Trinajstić information content (AvgIpc) is 3.11. The SMILES string of the molecule is Cc1cccc(C(N)=S)c1N(C)CC(=O)NC1CC1. The second-order valence-corrected chi connectivity index (χ2v) is 5.47. The molecular formula is C14H19N3OS. The largest absolute Gasteiger partial charge is 0.389 e. The van der Waals surface area contributed by atoms with Gasteiger partial charge in [0, 0.05) is 18.7 Å². The Morgan fingerprint density at radius 3 is 2.79 bits per heavy atom. The van der Waals surface area contributed by atoms with E-state index in [1.165, 1.54) is 0 Å². The summed E-state index contributed by atoms with van der Waals surface area (Å²) >= 11 is 5.07. The van der Waals surface area contributed by atoms with Crippen molar-refractivity contribution in [2.24, 2.45) is 5.73 Å². The molecule has 0 bridgehead atoms. The Morgan fingerprint density at radius 1 is 1.53 bits per heavy atom. The Bertz CT molecular complexity index is 511. The first-order chi connectivity index (χ1) is 8.99. The van der Waals surface area contributed by atoms with E-state index in [2.05, 4.69) is 5.32 Å². The molecule has 19 heavy (non-hydrogen) atoms. The Balaban J connectivity index is 2.14. The quantitative estimate of drug-likeness (QED) is 0.798. The minimum Gasteiger partial charge on any atom is -0.389 e. The molecule has 0 saturated heterocycles. The van der Waals surface area contributed by atoms with Gasteiger partial charge in [0.15, 0.2) is 0 Å². The first-order valence-corrected chi connectivity index (χ1v) is 6.79. The zero-order chi connectivity index (χ0) is 14.0. The van der Waals surface area contributed by atoms with Gasteiger partial charge in [-0.2, -0.15) is 0 Å². The molecule has 0 radical (unpaired) electrons. The van der Waals surface area contributed by atoms with Crippen LogP contribution in [0.1, 0.15) is 24.0 Å². The molecule has 102 valence electrons. The molecule has 2 rings (SSSR count). The number of carbonyl (C=O) groups is 1. The second kappa shape index (κ2) is 5.57. The number of rotatable bonds is 5. The van der Waals surface area contributed by atoms with Crippen LogP contribution in [0.5, 0.6) is 0 Å². The highest BCUT2D eigenvalue weighted by Gasteiger charge is 2.24. The van der Waals surface area contributed by atoms with E-state index in [-0.39, 0.29) is 5.91 Å². The molecule has 1 aliphatic rings. The lowest BCUT2D eigenvalue weighted by Crippen LogP contribution is -2.37. The van der Waals surface area contributed by atoms with Gasteiger partial charge in [-0.1, -0.05) is 24.4 Å². The van der Waals surface area contributed by atoms with Crippen molar-refractivity contribution < 1.29 is 4.79 Å². The minimum atomic E-state index is 0.0437. The first kappa shape index (κ1) is 13.8. The molecule has 0 heterocycles. The van der Waals surface area contributed by atoms with Gasteiger partial charge in [-0.15, -0.1) is 0 Å². The van der Waals surface area contributed by atoms with E-state index in [1.54, 1.807) is 0 Å². The van der Waals surface area contributed by atoms with Gasteiger partial charge >= 0.3 is 0 Å². The number of nitrogens with one attached hydrogen (secondary N) is 1. The topological polar surface area (TPSA) is 58.4 Å². The van der Waals surface area contributed by atoms with Crippen LogP contribution in [0.3, 0.4) is 0 Å². The Hall–Kier alpha value is -1.62. The third kappa shape index (κ3) is 3.44. The number of anilines is 1. The summed E-state index contributed by atoms with van der Waals surface area (Å²) in [5.41, 5.74) is 8.56. The van der Waals surface area contributed by atoms with Gasteiger partial charge in [-0.3, -0.25) is 4.79 Å². The number of hydrogen-bond acceptors (Lipinski definition) is 3. The van der Waals surface area contributed by atoms with E-state index < -0.39 is 0 Å². The highest BCUT2D eigenvalue weighted by Crippen LogP contribution is 2.24. The van der Waals surface area contributed by atoms with Gasteiger partial charge in [0.05, 0.1) is 12.2 Å². The predicted octanol–water partition coefficient (Wildman–Crippen LogP) is 1.34. The van der Waals surface area contributed by atoms with Gasteiger partial charge in [0.25, 0.3) is 0 Å². The average molecular weight is 277 g/mol. The van der Waals surface area contributed by atoms with Crippen molar-refractivity contribution in [2.45, 2.75) is 25.8 Å². The molecule has 1 aromatic carbocycles. The molecule has 1 amide bonds. The lowest BCUT2D eigenvalue weighted by atomic mass is 10.1. The summed E-state index contributed by atoms with van der Waals surface area (Å²) in [5, 5.41) is 2.98. The summed E-state index contributed by atoms with van der Waals surface area (Å²) in [6.45, 7) is 2.31. The second-order valence-electron chi connectivity index (χ2n) is 5.03. The van der Waals surface area contributed by atoms with E-state index in [9.17, 15) is 4.79 Å². The van der Waals surface area contributed by atoms with Crippen LogP contribution in [0.4, 0.5) is 5.69 Å². The smallest absolute Gasteiger partial charge is 0.239 e. The molecular weight excluding hydrogens is 258 g/mol. The van der Waals surface area contributed by atoms with Crippen molar-refractivity contribution in [3.05, 3.63) is 29.3 Å². The lowest BCUT2D eigenvalue weighted by molar-refractivity contribution is -0.119. The lowest BCUT2D eigenvalue weighted by Gasteiger charge is -2.23. The fraction of sp³-hybridized carbons (Fsp3) is 0.429. The van der Waals surface area contributed by atoms with Crippen molar-refractivity contribution >= 4 is 28.8 Å². The minimum absolute atomic E-state index is 0.0437. The molecule has 3 N–H and O–H groups in total. The molecule has 0 aliphatic heterocycles. The molecule has 0 spiro atoms. The highest BCUT2D eigenvalue weighted by atomic mass is 32.1. The maximum atomic E-state index is 11.9. The van der Waals surface area contributed by atoms with Crippen molar-refractivity contribution in [1.29, 1.82) is 0 Å². The normalized spacial score (nSPS) is 14.0. The fourth-order valence-corrected chi connectivity index (χ4v) is 2.32. The molecule has 0 atom stereocenters. The summed E-state index contributed by atoms with van der Waals surface area (Å²) in [6.07, 6.45) is 2.19. The van der Waals surface area contributed by atoms with E-state index >= 15 is 0 Å². The molecule has 1 fully saturated rings. The van der Waals surface area contributed by atoms with Gasteiger partial charge in [-0.05, 0) is 31.4 Å². The molecule has 0 aromatic heterocycles. The molecule has 1 saturated carbocycles. The maximum Gasteiger partial charge on any atom is 0.239 e. The number of para-hydroxylation sites is 1. The molecule has 4 nitrogen and oxygen atoms in total. The Morgan fingerprint density at radius 2 is 2.21 bits per heavy atom. The van der Waals surface area contributed by atoms with Crippen molar-refractivity contribution in [1.82, 2.24) is 5.32 Å².